The van der Waals surface area contributed by atoms with Crippen molar-refractivity contribution in [2.75, 3.05) is 19.7 Å². The number of halogens is 2. The van der Waals surface area contributed by atoms with Crippen LogP contribution in [-0.4, -0.2) is 63.6 Å². The predicted octanol–water partition coefficient (Wildman–Crippen LogP) is 3.55. The van der Waals surface area contributed by atoms with Crippen molar-refractivity contribution in [2.45, 2.75) is 45.3 Å². The smallest absolute Gasteiger partial charge is 0.255 e. The van der Waals surface area contributed by atoms with E-state index in [1.807, 2.05) is 0 Å². The number of ether oxygens (including phenoxy) is 1. The van der Waals surface area contributed by atoms with Crippen LogP contribution in [0.3, 0.4) is 0 Å². The first-order chi connectivity index (χ1) is 16.9. The summed E-state index contributed by atoms with van der Waals surface area (Å²) < 4.78 is 34.7. The van der Waals surface area contributed by atoms with E-state index in [1.54, 1.807) is 19.9 Å². The van der Waals surface area contributed by atoms with Gasteiger partial charge in [-0.15, -0.1) is 0 Å². The monoisotopic (exact) mass is 483 g/mol. The molecule has 2 N–H and O–H groups in total. The van der Waals surface area contributed by atoms with E-state index in [-0.39, 0.29) is 31.0 Å². The van der Waals surface area contributed by atoms with Gasteiger partial charge in [0.15, 0.2) is 0 Å². The first kappa shape index (κ1) is 23.2. The van der Waals surface area contributed by atoms with Crippen molar-refractivity contribution >= 4 is 22.8 Å². The summed E-state index contributed by atoms with van der Waals surface area (Å²) in [6, 6.07) is 3.46. The van der Waals surface area contributed by atoms with Crippen LogP contribution in [0.4, 0.5) is 8.78 Å². The summed E-state index contributed by atoms with van der Waals surface area (Å²) >= 11 is 0. The second-order valence-electron chi connectivity index (χ2n) is 9.21. The molecule has 1 aliphatic carbocycles. The Morgan fingerprint density at radius 3 is 2.80 bits per heavy atom. The van der Waals surface area contributed by atoms with Crippen LogP contribution in [0, 0.1) is 18.7 Å². The van der Waals surface area contributed by atoms with Gasteiger partial charge in [-0.3, -0.25) is 9.59 Å². The van der Waals surface area contributed by atoms with Gasteiger partial charge in [-0.05, 0) is 43.9 Å². The summed E-state index contributed by atoms with van der Waals surface area (Å²) in [4.78, 5) is 38.4. The number of fused-ring (bicyclic) bond motifs is 1. The summed E-state index contributed by atoms with van der Waals surface area (Å²) in [5.74, 6) is -0.0717. The van der Waals surface area contributed by atoms with E-state index in [0.29, 0.717) is 46.3 Å². The standard InChI is InChI=1S/C25H27F2N5O3/c1-3-20(33)32-9-17(27)18(10-32)31-25(34)21-13(2)30-24-22(28-12-29-23(21)24)16-8-15(26)6-7-19(16)35-11-14-4-5-14/h6-8,12,14,17-18,30H,3-5,9-11H2,1-2H3,(H,31,34)/t17-,18+/m0/s1. The van der Waals surface area contributed by atoms with Gasteiger partial charge in [0.05, 0.1) is 30.3 Å². The number of likely N-dealkylation sites (tertiary alicyclic amines) is 1. The Hall–Kier alpha value is -3.56. The van der Waals surface area contributed by atoms with Crippen molar-refractivity contribution in [1.29, 1.82) is 0 Å². The molecule has 10 heteroatoms. The number of carbonyl (C=O) groups excluding carboxylic acids is 2. The second-order valence-corrected chi connectivity index (χ2v) is 9.21. The molecule has 2 atom stereocenters. The Labute approximate surface area is 201 Å². The van der Waals surface area contributed by atoms with Crippen LogP contribution in [0.5, 0.6) is 5.75 Å². The lowest BCUT2D eigenvalue weighted by Crippen LogP contribution is -2.42. The average molecular weight is 484 g/mol. The zero-order valence-electron chi connectivity index (χ0n) is 19.6. The average Bonchev–Trinajstić information content (AvgIpc) is 3.51. The Morgan fingerprint density at radius 2 is 2.06 bits per heavy atom. The SMILES string of the molecule is CCC(=O)N1C[C@H](F)[C@H](NC(=O)c2c(C)[nH]c3c(-c4cc(F)ccc4OCC4CC4)ncnc23)C1. The number of hydrogen-bond acceptors (Lipinski definition) is 5. The molecule has 2 fully saturated rings. The number of aromatic nitrogens is 3. The molecule has 184 valence electrons. The minimum Gasteiger partial charge on any atom is -0.493 e. The van der Waals surface area contributed by atoms with Crippen LogP contribution < -0.4 is 10.1 Å². The molecule has 1 saturated heterocycles. The lowest BCUT2D eigenvalue weighted by molar-refractivity contribution is -0.130. The van der Waals surface area contributed by atoms with Gasteiger partial charge in [0.1, 0.15) is 35.3 Å². The molecular formula is C25H27F2N5O3. The largest absolute Gasteiger partial charge is 0.493 e. The maximum absolute atomic E-state index is 14.6. The van der Waals surface area contributed by atoms with Crippen LogP contribution in [0.25, 0.3) is 22.3 Å². The number of nitrogens with one attached hydrogen (secondary N) is 2. The Balaban J connectivity index is 1.46. The number of carbonyl (C=O) groups is 2. The first-order valence-corrected chi connectivity index (χ1v) is 11.8. The highest BCUT2D eigenvalue weighted by atomic mass is 19.1. The van der Waals surface area contributed by atoms with E-state index in [2.05, 4.69) is 20.3 Å². The van der Waals surface area contributed by atoms with E-state index in [4.69, 9.17) is 4.74 Å². The molecule has 2 aromatic heterocycles. The van der Waals surface area contributed by atoms with Crippen LogP contribution in [0.2, 0.25) is 0 Å². The molecule has 35 heavy (non-hydrogen) atoms. The van der Waals surface area contributed by atoms with Gasteiger partial charge in [0, 0.05) is 24.2 Å². The molecule has 1 saturated carbocycles. The first-order valence-electron chi connectivity index (χ1n) is 11.8. The van der Waals surface area contributed by atoms with Crippen LogP contribution in [0.1, 0.15) is 42.2 Å². The van der Waals surface area contributed by atoms with E-state index in [1.165, 1.54) is 23.4 Å². The Kier molecular flexibility index (Phi) is 6.12. The number of hydrogen-bond donors (Lipinski definition) is 2. The number of aryl methyl sites for hydroxylation is 1. The van der Waals surface area contributed by atoms with Crippen molar-refractivity contribution in [1.82, 2.24) is 25.2 Å². The van der Waals surface area contributed by atoms with E-state index < -0.39 is 23.9 Å². The molecule has 1 aliphatic heterocycles. The van der Waals surface area contributed by atoms with Gasteiger partial charge in [-0.25, -0.2) is 18.7 Å². The molecule has 3 heterocycles. The molecule has 1 aromatic carbocycles. The number of amides is 2. The zero-order valence-corrected chi connectivity index (χ0v) is 19.6. The highest BCUT2D eigenvalue weighted by molar-refractivity contribution is 6.09. The van der Waals surface area contributed by atoms with Gasteiger partial charge < -0.3 is 19.9 Å². The summed E-state index contributed by atoms with van der Waals surface area (Å²) in [7, 11) is 0. The van der Waals surface area contributed by atoms with Crippen LogP contribution in [0.15, 0.2) is 24.5 Å². The number of benzene rings is 1. The number of alkyl halides is 1. The molecule has 0 spiro atoms. The summed E-state index contributed by atoms with van der Waals surface area (Å²) in [6.07, 6.45) is 2.47. The molecule has 5 rings (SSSR count). The van der Waals surface area contributed by atoms with Gasteiger partial charge in [0.25, 0.3) is 5.91 Å². The molecule has 0 radical (unpaired) electrons. The molecular weight excluding hydrogens is 456 g/mol. The minimum absolute atomic E-state index is 0.0417. The zero-order chi connectivity index (χ0) is 24.7. The number of aromatic amines is 1. The maximum atomic E-state index is 14.6. The summed E-state index contributed by atoms with van der Waals surface area (Å²) in [6.45, 7) is 4.06. The maximum Gasteiger partial charge on any atom is 0.255 e. The molecule has 8 nitrogen and oxygen atoms in total. The normalized spacial score (nSPS) is 19.8. The van der Waals surface area contributed by atoms with Gasteiger partial charge in [0.2, 0.25) is 5.91 Å². The molecule has 0 bridgehead atoms. The molecule has 2 amide bonds. The van der Waals surface area contributed by atoms with Gasteiger partial charge >= 0.3 is 0 Å². The molecule has 2 aliphatic rings. The van der Waals surface area contributed by atoms with E-state index in [0.717, 1.165) is 12.8 Å². The van der Waals surface area contributed by atoms with Crippen LogP contribution >= 0.6 is 0 Å². The number of H-pyrrole nitrogens is 1. The Morgan fingerprint density at radius 1 is 1.26 bits per heavy atom. The highest BCUT2D eigenvalue weighted by Gasteiger charge is 2.36. The number of rotatable bonds is 7. The third-order valence-electron chi connectivity index (χ3n) is 6.59. The van der Waals surface area contributed by atoms with E-state index in [9.17, 15) is 18.4 Å². The van der Waals surface area contributed by atoms with Crippen molar-refractivity contribution in [3.63, 3.8) is 0 Å². The van der Waals surface area contributed by atoms with Crippen molar-refractivity contribution in [3.8, 4) is 17.0 Å². The third-order valence-corrected chi connectivity index (χ3v) is 6.59. The fourth-order valence-corrected chi connectivity index (χ4v) is 4.48. The van der Waals surface area contributed by atoms with Crippen molar-refractivity contribution < 1.29 is 23.1 Å². The quantitative estimate of drug-likeness (QED) is 0.535. The summed E-state index contributed by atoms with van der Waals surface area (Å²) in [5.41, 5.74) is 2.45. The molecule has 0 unspecified atom stereocenters. The topological polar surface area (TPSA) is 100 Å². The minimum atomic E-state index is -1.36. The third kappa shape index (κ3) is 4.56. The lowest BCUT2D eigenvalue weighted by atomic mass is 10.1. The van der Waals surface area contributed by atoms with Crippen molar-refractivity contribution in [2.24, 2.45) is 5.92 Å². The number of nitrogens with zero attached hydrogens (tertiary/aromatic N) is 3. The fraction of sp³-hybridized carbons (Fsp3) is 0.440. The lowest BCUT2D eigenvalue weighted by Gasteiger charge is -2.16. The van der Waals surface area contributed by atoms with Crippen molar-refractivity contribution in [3.05, 3.63) is 41.6 Å². The Bertz CT molecular complexity index is 1290. The molecule has 3 aromatic rings. The predicted molar refractivity (Wildman–Crippen MR) is 125 cm³/mol. The van der Waals surface area contributed by atoms with Gasteiger partial charge in [-0.2, -0.15) is 0 Å². The van der Waals surface area contributed by atoms with Gasteiger partial charge in [-0.1, -0.05) is 6.92 Å². The second kappa shape index (κ2) is 9.24. The fourth-order valence-electron chi connectivity index (χ4n) is 4.48. The van der Waals surface area contributed by atoms with E-state index >= 15 is 0 Å². The van der Waals surface area contributed by atoms with Crippen LogP contribution in [-0.2, 0) is 4.79 Å². The summed E-state index contributed by atoms with van der Waals surface area (Å²) in [5, 5.41) is 2.72. The highest BCUT2D eigenvalue weighted by Crippen LogP contribution is 2.36.